The summed E-state index contributed by atoms with van der Waals surface area (Å²) in [4.78, 5) is 7.25. The number of aromatic nitrogens is 3. The number of halogens is 1. The predicted molar refractivity (Wildman–Crippen MR) is 103 cm³/mol. The van der Waals surface area contributed by atoms with Crippen LogP contribution in [0.5, 0.6) is 0 Å². The zero-order valence-electron chi connectivity index (χ0n) is 13.7. The van der Waals surface area contributed by atoms with Crippen LogP contribution >= 0.6 is 22.6 Å². The molecule has 0 amide bonds. The highest BCUT2D eigenvalue weighted by molar-refractivity contribution is 14.1. The van der Waals surface area contributed by atoms with Crippen molar-refractivity contribution in [2.45, 2.75) is 13.0 Å². The Balaban J connectivity index is 1.86. The van der Waals surface area contributed by atoms with E-state index in [9.17, 15) is 0 Å². The van der Waals surface area contributed by atoms with Crippen molar-refractivity contribution < 1.29 is 4.74 Å². The van der Waals surface area contributed by atoms with Gasteiger partial charge in [-0.3, -0.25) is 4.68 Å². The summed E-state index contributed by atoms with van der Waals surface area (Å²) in [6.45, 7) is 5.24. The van der Waals surface area contributed by atoms with Crippen molar-refractivity contribution in [2.24, 2.45) is 12.1 Å². The van der Waals surface area contributed by atoms with Crippen LogP contribution in [-0.4, -0.2) is 52.8 Å². The van der Waals surface area contributed by atoms with E-state index in [1.165, 1.54) is 0 Å². The Morgan fingerprint density at radius 3 is 3.04 bits per heavy atom. The average molecular weight is 438 g/mol. The monoisotopic (exact) mass is 438 g/mol. The molecule has 8 heteroatoms. The second-order valence-electron chi connectivity index (χ2n) is 6.01. The SMILES string of the molecule is C[C@@H]1COCCN1c1cc(I)c2c(n1)c(C1=NNCC=C1)nn2C. The topological polar surface area (TPSA) is 67.6 Å². The molecule has 0 saturated carbocycles. The molecule has 2 aromatic heterocycles. The molecule has 1 N–H and O–H groups in total. The molecule has 2 aliphatic rings. The average Bonchev–Trinajstić information content (AvgIpc) is 2.93. The van der Waals surface area contributed by atoms with E-state index < -0.39 is 0 Å². The van der Waals surface area contributed by atoms with Crippen molar-refractivity contribution in [2.75, 3.05) is 31.2 Å². The Morgan fingerprint density at radius 2 is 2.29 bits per heavy atom. The second kappa shape index (κ2) is 6.32. The third-order valence-corrected chi connectivity index (χ3v) is 5.14. The van der Waals surface area contributed by atoms with Crippen LogP contribution in [0, 0.1) is 3.57 Å². The summed E-state index contributed by atoms with van der Waals surface area (Å²) in [5, 5.41) is 9.04. The molecule has 4 rings (SSSR count). The van der Waals surface area contributed by atoms with Gasteiger partial charge in [-0.15, -0.1) is 0 Å². The van der Waals surface area contributed by atoms with Gasteiger partial charge in [0, 0.05) is 17.2 Å². The largest absolute Gasteiger partial charge is 0.377 e. The normalized spacial score (nSPS) is 21.0. The van der Waals surface area contributed by atoms with Crippen molar-refractivity contribution >= 4 is 45.2 Å². The Hall–Kier alpha value is -1.68. The summed E-state index contributed by atoms with van der Waals surface area (Å²) < 4.78 is 8.58. The van der Waals surface area contributed by atoms with E-state index in [4.69, 9.17) is 9.72 Å². The van der Waals surface area contributed by atoms with Crippen molar-refractivity contribution in [1.82, 2.24) is 20.2 Å². The number of morpholine rings is 1. The lowest BCUT2D eigenvalue weighted by Crippen LogP contribution is -2.44. The van der Waals surface area contributed by atoms with Crippen LogP contribution in [0.25, 0.3) is 11.0 Å². The quantitative estimate of drug-likeness (QED) is 0.723. The van der Waals surface area contributed by atoms with Gasteiger partial charge in [0.1, 0.15) is 28.3 Å². The van der Waals surface area contributed by atoms with Crippen molar-refractivity contribution in [3.8, 4) is 0 Å². The number of pyridine rings is 1. The maximum absolute atomic E-state index is 5.55. The van der Waals surface area contributed by atoms with E-state index in [-0.39, 0.29) is 0 Å². The highest BCUT2D eigenvalue weighted by atomic mass is 127. The molecule has 0 spiro atoms. The van der Waals surface area contributed by atoms with Crippen molar-refractivity contribution in [3.63, 3.8) is 0 Å². The Bertz CT molecular complexity index is 843. The summed E-state index contributed by atoms with van der Waals surface area (Å²) in [5.74, 6) is 0.977. The molecule has 7 nitrogen and oxygen atoms in total. The summed E-state index contributed by atoms with van der Waals surface area (Å²) >= 11 is 2.36. The highest BCUT2D eigenvalue weighted by Crippen LogP contribution is 2.28. The van der Waals surface area contributed by atoms with Crippen LogP contribution < -0.4 is 10.3 Å². The van der Waals surface area contributed by atoms with Gasteiger partial charge in [0.05, 0.1) is 25.8 Å². The molecular formula is C16H19IN6O. The highest BCUT2D eigenvalue weighted by Gasteiger charge is 2.24. The fourth-order valence-electron chi connectivity index (χ4n) is 3.13. The summed E-state index contributed by atoms with van der Waals surface area (Å²) in [6, 6.07) is 2.45. The fourth-order valence-corrected chi connectivity index (χ4v) is 4.01. The molecule has 4 heterocycles. The summed E-state index contributed by atoms with van der Waals surface area (Å²) in [5.41, 5.74) is 6.57. The minimum absolute atomic E-state index is 0.313. The standard InChI is InChI=1S/C16H19IN6O/c1-10-9-24-7-6-23(10)13-8-11(17)16-15(19-13)14(21-22(16)2)12-4-3-5-18-20-12/h3-4,8,10,18H,5-7,9H2,1-2H3/t10-/m1/s1. The van der Waals surface area contributed by atoms with Crippen LogP contribution in [-0.2, 0) is 11.8 Å². The molecule has 1 atom stereocenters. The van der Waals surface area contributed by atoms with Gasteiger partial charge in [-0.25, -0.2) is 4.98 Å². The molecule has 0 aliphatic carbocycles. The number of fused-ring (bicyclic) bond motifs is 1. The van der Waals surface area contributed by atoms with Gasteiger partial charge >= 0.3 is 0 Å². The van der Waals surface area contributed by atoms with Crippen LogP contribution in [0.15, 0.2) is 23.3 Å². The van der Waals surface area contributed by atoms with Gasteiger partial charge in [0.15, 0.2) is 0 Å². The number of rotatable bonds is 2. The number of aryl methyl sites for hydroxylation is 1. The van der Waals surface area contributed by atoms with E-state index in [0.717, 1.165) is 58.1 Å². The zero-order valence-corrected chi connectivity index (χ0v) is 15.8. The van der Waals surface area contributed by atoms with Gasteiger partial charge in [0.2, 0.25) is 0 Å². The van der Waals surface area contributed by atoms with Crippen LogP contribution in [0.4, 0.5) is 5.82 Å². The zero-order chi connectivity index (χ0) is 16.7. The lowest BCUT2D eigenvalue weighted by Gasteiger charge is -2.34. The van der Waals surface area contributed by atoms with E-state index in [1.807, 2.05) is 23.9 Å². The Labute approximate surface area is 153 Å². The predicted octanol–water partition coefficient (Wildman–Crippen LogP) is 1.66. The van der Waals surface area contributed by atoms with E-state index in [1.54, 1.807) is 0 Å². The number of hydrazone groups is 1. The van der Waals surface area contributed by atoms with Gasteiger partial charge in [0.25, 0.3) is 0 Å². The molecule has 1 saturated heterocycles. The molecule has 0 unspecified atom stereocenters. The van der Waals surface area contributed by atoms with E-state index >= 15 is 0 Å². The minimum atomic E-state index is 0.313. The first-order valence-electron chi connectivity index (χ1n) is 8.00. The molecule has 126 valence electrons. The molecule has 0 radical (unpaired) electrons. The number of nitrogens with zero attached hydrogens (tertiary/aromatic N) is 5. The third kappa shape index (κ3) is 2.67. The molecule has 2 aromatic rings. The molecule has 2 aliphatic heterocycles. The molecule has 24 heavy (non-hydrogen) atoms. The fraction of sp³-hybridized carbons (Fsp3) is 0.438. The van der Waals surface area contributed by atoms with Gasteiger partial charge < -0.3 is 15.1 Å². The first-order chi connectivity index (χ1) is 11.6. The third-order valence-electron chi connectivity index (χ3n) is 4.32. The maximum Gasteiger partial charge on any atom is 0.139 e. The maximum atomic E-state index is 5.55. The lowest BCUT2D eigenvalue weighted by atomic mass is 10.2. The van der Waals surface area contributed by atoms with Crippen LogP contribution in [0.2, 0.25) is 0 Å². The number of hydrogen-bond donors (Lipinski definition) is 1. The molecule has 0 bridgehead atoms. The first kappa shape index (κ1) is 15.8. The minimum Gasteiger partial charge on any atom is -0.377 e. The van der Waals surface area contributed by atoms with Crippen molar-refractivity contribution in [3.05, 3.63) is 27.5 Å². The first-order valence-corrected chi connectivity index (χ1v) is 9.08. The van der Waals surface area contributed by atoms with Crippen molar-refractivity contribution in [1.29, 1.82) is 0 Å². The smallest absolute Gasteiger partial charge is 0.139 e. The molecule has 0 aromatic carbocycles. The number of hydrogen-bond acceptors (Lipinski definition) is 6. The molecular weight excluding hydrogens is 419 g/mol. The Kier molecular flexibility index (Phi) is 4.17. The number of ether oxygens (including phenoxy) is 1. The number of anilines is 1. The summed E-state index contributed by atoms with van der Waals surface area (Å²) in [6.07, 6.45) is 4.04. The number of allylic oxidation sites excluding steroid dienone is 1. The number of nitrogens with one attached hydrogen (secondary N) is 1. The van der Waals surface area contributed by atoms with Gasteiger partial charge in [-0.2, -0.15) is 10.2 Å². The van der Waals surface area contributed by atoms with Crippen LogP contribution in [0.1, 0.15) is 12.6 Å². The van der Waals surface area contributed by atoms with E-state index in [0.29, 0.717) is 6.04 Å². The second-order valence-corrected chi connectivity index (χ2v) is 7.17. The van der Waals surface area contributed by atoms with Gasteiger partial charge in [-0.1, -0.05) is 6.08 Å². The lowest BCUT2D eigenvalue weighted by molar-refractivity contribution is 0.0985. The molecule has 1 fully saturated rings. The van der Waals surface area contributed by atoms with Crippen LogP contribution in [0.3, 0.4) is 0 Å². The Morgan fingerprint density at radius 1 is 1.42 bits per heavy atom. The summed E-state index contributed by atoms with van der Waals surface area (Å²) in [7, 11) is 1.95. The van der Waals surface area contributed by atoms with E-state index in [2.05, 4.69) is 56.1 Å². The van der Waals surface area contributed by atoms with Gasteiger partial charge in [-0.05, 0) is 41.7 Å².